The third-order valence-corrected chi connectivity index (χ3v) is 4.90. The van der Waals surface area contributed by atoms with Gasteiger partial charge in [0.15, 0.2) is 0 Å². The second kappa shape index (κ2) is 7.26. The molecule has 1 aliphatic carbocycles. The van der Waals surface area contributed by atoms with Gasteiger partial charge in [-0.15, -0.1) is 0 Å². The summed E-state index contributed by atoms with van der Waals surface area (Å²) in [4.78, 5) is 11.2. The zero-order valence-electron chi connectivity index (χ0n) is 14.8. The van der Waals surface area contributed by atoms with Crippen LogP contribution >= 0.6 is 0 Å². The van der Waals surface area contributed by atoms with Crippen LogP contribution in [0.1, 0.15) is 80.6 Å². The first-order chi connectivity index (χ1) is 9.16. The summed E-state index contributed by atoms with van der Waals surface area (Å²) in [6, 6.07) is 0. The van der Waals surface area contributed by atoms with Crippen molar-refractivity contribution in [3.8, 4) is 0 Å². The van der Waals surface area contributed by atoms with E-state index in [1.807, 2.05) is 0 Å². The molecule has 1 rings (SSSR count). The molecule has 3 atom stereocenters. The Morgan fingerprint density at radius 2 is 1.60 bits per heavy atom. The van der Waals surface area contributed by atoms with Gasteiger partial charge in [0.1, 0.15) is 0 Å². The zero-order valence-corrected chi connectivity index (χ0v) is 14.8. The lowest BCUT2D eigenvalue weighted by atomic mass is 9.62. The highest BCUT2D eigenvalue weighted by Crippen LogP contribution is 2.47. The monoisotopic (exact) mass is 284 g/mol. The zero-order chi connectivity index (χ0) is 15.4. The fourth-order valence-electron chi connectivity index (χ4n) is 3.29. The molecule has 0 heterocycles. The molecule has 0 aliphatic heterocycles. The minimum Gasteiger partial charge on any atom is -0.236 e. The molecule has 0 aromatic rings. The number of unbranched alkanes of at least 4 members (excludes halogenated alkanes) is 1. The maximum Gasteiger partial charge on any atom is 0.0963 e. The van der Waals surface area contributed by atoms with Crippen LogP contribution in [0.25, 0.3) is 0 Å². The molecule has 0 saturated heterocycles. The average Bonchev–Trinajstić information content (AvgIpc) is 2.32. The third-order valence-electron chi connectivity index (χ3n) is 4.90. The molecule has 0 spiro atoms. The smallest absolute Gasteiger partial charge is 0.0963 e. The van der Waals surface area contributed by atoms with Crippen LogP contribution in [0.4, 0.5) is 0 Å². The molecule has 120 valence electrons. The van der Waals surface area contributed by atoms with E-state index in [1.54, 1.807) is 0 Å². The van der Waals surface area contributed by atoms with Crippen LogP contribution < -0.4 is 0 Å². The van der Waals surface area contributed by atoms with Gasteiger partial charge in [-0.25, -0.2) is 9.78 Å². The van der Waals surface area contributed by atoms with Gasteiger partial charge in [0.25, 0.3) is 0 Å². The van der Waals surface area contributed by atoms with Gasteiger partial charge >= 0.3 is 0 Å². The summed E-state index contributed by atoms with van der Waals surface area (Å²) in [5, 5.41) is 0. The van der Waals surface area contributed by atoms with E-state index in [1.165, 1.54) is 12.8 Å². The highest BCUT2D eigenvalue weighted by molar-refractivity contribution is 4.90. The highest BCUT2D eigenvalue weighted by atomic mass is 17.2. The molecule has 2 nitrogen and oxygen atoms in total. The quantitative estimate of drug-likeness (QED) is 0.371. The van der Waals surface area contributed by atoms with Crippen molar-refractivity contribution in [3.63, 3.8) is 0 Å². The van der Waals surface area contributed by atoms with Gasteiger partial charge < -0.3 is 0 Å². The van der Waals surface area contributed by atoms with Crippen molar-refractivity contribution in [1.82, 2.24) is 0 Å². The molecule has 0 amide bonds. The predicted octanol–water partition coefficient (Wildman–Crippen LogP) is 5.61. The van der Waals surface area contributed by atoms with Crippen molar-refractivity contribution in [1.29, 1.82) is 0 Å². The van der Waals surface area contributed by atoms with Gasteiger partial charge in [-0.2, -0.15) is 0 Å². The van der Waals surface area contributed by atoms with E-state index in [4.69, 9.17) is 9.78 Å². The average molecular weight is 284 g/mol. The summed E-state index contributed by atoms with van der Waals surface area (Å²) in [5.41, 5.74) is 0.681. The van der Waals surface area contributed by atoms with Crippen molar-refractivity contribution >= 4 is 0 Å². The number of hydrogen-bond donors (Lipinski definition) is 0. The Hall–Kier alpha value is -0.0800. The molecule has 3 unspecified atom stereocenters. The molecule has 0 N–H and O–H groups in total. The normalized spacial score (nSPS) is 28.6. The van der Waals surface area contributed by atoms with Crippen molar-refractivity contribution in [3.05, 3.63) is 0 Å². The lowest BCUT2D eigenvalue weighted by Gasteiger charge is -2.46. The minimum absolute atomic E-state index is 0.269. The van der Waals surface area contributed by atoms with E-state index < -0.39 is 0 Å². The third kappa shape index (κ3) is 5.37. The molecule has 1 fully saturated rings. The van der Waals surface area contributed by atoms with Gasteiger partial charge in [0, 0.05) is 0 Å². The Morgan fingerprint density at radius 3 is 2.10 bits per heavy atom. The van der Waals surface area contributed by atoms with Gasteiger partial charge in [-0.3, -0.25) is 0 Å². The Bertz CT molecular complexity index is 272. The fraction of sp³-hybridized carbons (Fsp3) is 1.00. The van der Waals surface area contributed by atoms with Crippen LogP contribution in [0.2, 0.25) is 0 Å². The number of rotatable bonds is 5. The summed E-state index contributed by atoms with van der Waals surface area (Å²) >= 11 is 0. The van der Waals surface area contributed by atoms with Crippen LogP contribution in [0.3, 0.4) is 0 Å². The summed E-state index contributed by atoms with van der Waals surface area (Å²) in [6.45, 7) is 17.0. The lowest BCUT2D eigenvalue weighted by molar-refractivity contribution is -0.345. The molecular weight excluding hydrogens is 248 g/mol. The fourth-order valence-corrected chi connectivity index (χ4v) is 3.29. The molecule has 0 bridgehead atoms. The van der Waals surface area contributed by atoms with Crippen molar-refractivity contribution in [2.24, 2.45) is 22.7 Å². The molecule has 0 radical (unpaired) electrons. The van der Waals surface area contributed by atoms with Crippen LogP contribution in [-0.4, -0.2) is 12.7 Å². The Kier molecular flexibility index (Phi) is 6.53. The van der Waals surface area contributed by atoms with E-state index in [0.29, 0.717) is 11.3 Å². The van der Waals surface area contributed by atoms with E-state index in [2.05, 4.69) is 48.5 Å². The first-order valence-corrected chi connectivity index (χ1v) is 8.44. The van der Waals surface area contributed by atoms with Gasteiger partial charge in [-0.1, -0.05) is 54.9 Å². The van der Waals surface area contributed by atoms with Gasteiger partial charge in [0.05, 0.1) is 12.7 Å². The van der Waals surface area contributed by atoms with Crippen molar-refractivity contribution in [2.45, 2.75) is 86.7 Å². The molecule has 20 heavy (non-hydrogen) atoms. The van der Waals surface area contributed by atoms with E-state index >= 15 is 0 Å². The van der Waals surface area contributed by atoms with E-state index in [9.17, 15) is 0 Å². The second-order valence-electron chi connectivity index (χ2n) is 8.66. The number of hydrogen-bond acceptors (Lipinski definition) is 2. The maximum atomic E-state index is 5.79. The standard InChI is InChI=1S/C18H36O2/c1-8-9-12-19-20-16-11-10-14(17(2,3)4)13-15(16)18(5,6)7/h14-16H,8-13H2,1-7H3. The molecule has 1 aliphatic rings. The van der Waals surface area contributed by atoms with E-state index in [-0.39, 0.29) is 11.5 Å². The van der Waals surface area contributed by atoms with Crippen LogP contribution in [-0.2, 0) is 9.78 Å². The summed E-state index contributed by atoms with van der Waals surface area (Å²) in [6.07, 6.45) is 6.16. The Morgan fingerprint density at radius 1 is 0.950 bits per heavy atom. The highest BCUT2D eigenvalue weighted by Gasteiger charge is 2.42. The molecular formula is C18H36O2. The van der Waals surface area contributed by atoms with Crippen LogP contribution in [0.5, 0.6) is 0 Å². The second-order valence-corrected chi connectivity index (χ2v) is 8.66. The topological polar surface area (TPSA) is 18.5 Å². The Labute approximate surface area is 126 Å². The predicted molar refractivity (Wildman–Crippen MR) is 85.5 cm³/mol. The molecule has 0 aromatic heterocycles. The SMILES string of the molecule is CCCCOOC1CCC(C(C)(C)C)CC1C(C)(C)C. The largest absolute Gasteiger partial charge is 0.236 e. The van der Waals surface area contributed by atoms with Crippen LogP contribution in [0.15, 0.2) is 0 Å². The summed E-state index contributed by atoms with van der Waals surface area (Å²) in [5.74, 6) is 1.38. The van der Waals surface area contributed by atoms with Crippen LogP contribution in [0, 0.1) is 22.7 Å². The maximum absolute atomic E-state index is 5.79. The minimum atomic E-state index is 0.269. The van der Waals surface area contributed by atoms with Crippen molar-refractivity contribution in [2.75, 3.05) is 6.61 Å². The summed E-state index contributed by atoms with van der Waals surface area (Å²) in [7, 11) is 0. The van der Waals surface area contributed by atoms with E-state index in [0.717, 1.165) is 31.8 Å². The molecule has 0 aromatic carbocycles. The first kappa shape index (κ1) is 18.0. The Balaban J connectivity index is 2.61. The lowest BCUT2D eigenvalue weighted by Crippen LogP contribution is -2.42. The summed E-state index contributed by atoms with van der Waals surface area (Å²) < 4.78 is 0. The molecule has 2 heteroatoms. The molecule has 1 saturated carbocycles. The first-order valence-electron chi connectivity index (χ1n) is 8.44. The van der Waals surface area contributed by atoms with Crippen molar-refractivity contribution < 1.29 is 9.78 Å². The van der Waals surface area contributed by atoms with Gasteiger partial charge in [-0.05, 0) is 48.3 Å². The van der Waals surface area contributed by atoms with Gasteiger partial charge in [0.2, 0.25) is 0 Å².